The molecule has 2 aromatic carbocycles. The van der Waals surface area contributed by atoms with E-state index < -0.39 is 6.10 Å². The second-order valence-corrected chi connectivity index (χ2v) is 8.57. The van der Waals surface area contributed by atoms with Crippen LogP contribution in [0.4, 0.5) is 27.5 Å². The van der Waals surface area contributed by atoms with Crippen molar-refractivity contribution in [2.24, 2.45) is 0 Å². The molecule has 0 amide bonds. The van der Waals surface area contributed by atoms with Gasteiger partial charge in [-0.3, -0.25) is 0 Å². The molecule has 0 bridgehead atoms. The molecule has 1 aromatic heterocycles. The number of hydrogen-bond acceptors (Lipinski definition) is 7. The van der Waals surface area contributed by atoms with E-state index in [0.29, 0.717) is 36.3 Å². The molecule has 34 heavy (non-hydrogen) atoms. The van der Waals surface area contributed by atoms with Gasteiger partial charge in [0, 0.05) is 25.0 Å². The minimum Gasteiger partial charge on any atom is -0.491 e. The third kappa shape index (κ3) is 7.51. The summed E-state index contributed by atoms with van der Waals surface area (Å²) >= 11 is 3.28. The smallest absolute Gasteiger partial charge is 0.229 e. The summed E-state index contributed by atoms with van der Waals surface area (Å²) < 4.78 is 20.3. The first kappa shape index (κ1) is 25.6. The largest absolute Gasteiger partial charge is 0.491 e. The summed E-state index contributed by atoms with van der Waals surface area (Å²) in [5.74, 6) is 1.27. The van der Waals surface area contributed by atoms with Crippen LogP contribution in [0, 0.1) is 12.7 Å². The van der Waals surface area contributed by atoms with Gasteiger partial charge in [0.05, 0.1) is 5.69 Å². The van der Waals surface area contributed by atoms with Crippen LogP contribution in [0.1, 0.15) is 5.56 Å². The number of aromatic nitrogens is 2. The normalized spacial score (nSPS) is 12.2. The molecule has 0 spiro atoms. The van der Waals surface area contributed by atoms with Gasteiger partial charge in [-0.2, -0.15) is 4.98 Å². The molecular weight excluding hydrogens is 501 g/mol. The van der Waals surface area contributed by atoms with Crippen molar-refractivity contribution in [3.05, 3.63) is 77.2 Å². The minimum atomic E-state index is -0.565. The van der Waals surface area contributed by atoms with Gasteiger partial charge in [-0.1, -0.05) is 28.1 Å². The SMILES string of the molecule is Cc1ccc(F)c(N(CC=CBr)c2ccnc(Nc3ccc(OCC(O)CN(C)C)cc3)n2)c1. The zero-order valence-electron chi connectivity index (χ0n) is 19.4. The molecule has 0 saturated heterocycles. The van der Waals surface area contributed by atoms with E-state index in [-0.39, 0.29) is 12.4 Å². The van der Waals surface area contributed by atoms with E-state index in [0.717, 1.165) is 11.3 Å². The van der Waals surface area contributed by atoms with E-state index >= 15 is 0 Å². The molecule has 0 aliphatic heterocycles. The maximum Gasteiger partial charge on any atom is 0.229 e. The number of likely N-dealkylation sites (N-methyl/N-ethyl adjacent to an activating group) is 1. The lowest BCUT2D eigenvalue weighted by Crippen LogP contribution is -2.30. The van der Waals surface area contributed by atoms with Crippen LogP contribution >= 0.6 is 15.9 Å². The van der Waals surface area contributed by atoms with Crippen molar-refractivity contribution < 1.29 is 14.2 Å². The fraction of sp³-hybridized carbons (Fsp3) is 0.280. The third-order valence-electron chi connectivity index (χ3n) is 4.82. The number of anilines is 4. The summed E-state index contributed by atoms with van der Waals surface area (Å²) in [5.41, 5.74) is 2.16. The summed E-state index contributed by atoms with van der Waals surface area (Å²) in [6.45, 7) is 3.09. The average Bonchev–Trinajstić information content (AvgIpc) is 2.81. The van der Waals surface area contributed by atoms with Crippen molar-refractivity contribution >= 4 is 39.1 Å². The zero-order valence-corrected chi connectivity index (χ0v) is 21.0. The van der Waals surface area contributed by atoms with Gasteiger partial charge < -0.3 is 25.0 Å². The number of ether oxygens (including phenoxy) is 1. The second-order valence-electron chi connectivity index (χ2n) is 8.04. The molecule has 1 atom stereocenters. The van der Waals surface area contributed by atoms with E-state index in [9.17, 15) is 9.50 Å². The highest BCUT2D eigenvalue weighted by Crippen LogP contribution is 2.28. The molecule has 0 fully saturated rings. The van der Waals surface area contributed by atoms with Crippen molar-refractivity contribution in [2.45, 2.75) is 13.0 Å². The number of nitrogens with zero attached hydrogens (tertiary/aromatic N) is 4. The fourth-order valence-electron chi connectivity index (χ4n) is 3.28. The van der Waals surface area contributed by atoms with Crippen LogP contribution in [-0.2, 0) is 0 Å². The molecule has 2 N–H and O–H groups in total. The number of halogens is 2. The Kier molecular flexibility index (Phi) is 9.38. The van der Waals surface area contributed by atoms with Crippen LogP contribution in [0.15, 0.2) is 65.8 Å². The number of rotatable bonds is 11. The van der Waals surface area contributed by atoms with Crippen molar-refractivity contribution in [1.82, 2.24) is 14.9 Å². The lowest BCUT2D eigenvalue weighted by molar-refractivity contribution is 0.0831. The van der Waals surface area contributed by atoms with Gasteiger partial charge in [-0.15, -0.1) is 0 Å². The van der Waals surface area contributed by atoms with E-state index in [1.807, 2.05) is 56.3 Å². The Hall–Kier alpha value is -3.01. The number of hydrogen-bond donors (Lipinski definition) is 2. The Morgan fingerprint density at radius 2 is 1.94 bits per heavy atom. The standard InChI is InChI=1S/C25H29BrFN5O2/c1-18-5-10-22(27)23(15-18)32(14-4-12-26)24-11-13-28-25(30-24)29-19-6-8-21(9-7-19)34-17-20(33)16-31(2)3/h4-13,15,20,33H,14,16-17H2,1-3H3,(H,28,29,30). The van der Waals surface area contributed by atoms with Crippen LogP contribution in [0.25, 0.3) is 0 Å². The van der Waals surface area contributed by atoms with Crippen LogP contribution in [0.3, 0.4) is 0 Å². The van der Waals surface area contributed by atoms with Crippen LogP contribution in [-0.4, -0.2) is 59.9 Å². The van der Waals surface area contributed by atoms with Crippen LogP contribution < -0.4 is 15.0 Å². The predicted octanol–water partition coefficient (Wildman–Crippen LogP) is 5.02. The average molecular weight is 530 g/mol. The van der Waals surface area contributed by atoms with Gasteiger partial charge >= 0.3 is 0 Å². The van der Waals surface area contributed by atoms with Crippen LogP contribution in [0.5, 0.6) is 5.75 Å². The quantitative estimate of drug-likeness (QED) is 0.361. The maximum absolute atomic E-state index is 14.6. The molecule has 9 heteroatoms. The first-order valence-corrected chi connectivity index (χ1v) is 11.7. The first-order chi connectivity index (χ1) is 16.4. The monoisotopic (exact) mass is 529 g/mol. The molecule has 7 nitrogen and oxygen atoms in total. The molecule has 0 radical (unpaired) electrons. The maximum atomic E-state index is 14.6. The molecule has 0 saturated carbocycles. The minimum absolute atomic E-state index is 0.213. The number of benzene rings is 2. The number of aryl methyl sites for hydroxylation is 1. The van der Waals surface area contributed by atoms with Gasteiger partial charge in [0.1, 0.15) is 30.1 Å². The van der Waals surface area contributed by atoms with Gasteiger partial charge in [0.15, 0.2) is 0 Å². The molecule has 3 aromatic rings. The second kappa shape index (κ2) is 12.5. The molecule has 180 valence electrons. The van der Waals surface area contributed by atoms with E-state index in [4.69, 9.17) is 4.74 Å². The Morgan fingerprint density at radius 1 is 1.18 bits per heavy atom. The Bertz CT molecular complexity index is 1090. The van der Waals surface area contributed by atoms with E-state index in [2.05, 4.69) is 31.2 Å². The summed E-state index contributed by atoms with van der Waals surface area (Å²) in [7, 11) is 3.80. The molecule has 0 aliphatic carbocycles. The van der Waals surface area contributed by atoms with Crippen molar-refractivity contribution in [1.29, 1.82) is 0 Å². The van der Waals surface area contributed by atoms with Gasteiger partial charge in [-0.05, 0) is 74.0 Å². The summed E-state index contributed by atoms with van der Waals surface area (Å²) in [4.78, 5) is 14.3. The van der Waals surface area contributed by atoms with Crippen LogP contribution in [0.2, 0.25) is 0 Å². The van der Waals surface area contributed by atoms with Crippen molar-refractivity contribution in [3.63, 3.8) is 0 Å². The van der Waals surface area contributed by atoms with E-state index in [1.54, 1.807) is 34.3 Å². The highest BCUT2D eigenvalue weighted by molar-refractivity contribution is 9.11. The van der Waals surface area contributed by atoms with Crippen molar-refractivity contribution in [3.8, 4) is 5.75 Å². The lowest BCUT2D eigenvalue weighted by atomic mass is 10.2. The number of nitrogens with one attached hydrogen (secondary N) is 1. The first-order valence-electron chi connectivity index (χ1n) is 10.8. The Balaban J connectivity index is 1.73. The highest BCUT2D eigenvalue weighted by atomic mass is 79.9. The highest BCUT2D eigenvalue weighted by Gasteiger charge is 2.15. The third-order valence-corrected chi connectivity index (χ3v) is 5.19. The van der Waals surface area contributed by atoms with Gasteiger partial charge in [-0.25, -0.2) is 9.37 Å². The fourth-order valence-corrected chi connectivity index (χ4v) is 3.45. The van der Waals surface area contributed by atoms with Gasteiger partial charge in [0.25, 0.3) is 0 Å². The summed E-state index contributed by atoms with van der Waals surface area (Å²) in [6.07, 6.45) is 2.93. The van der Waals surface area contributed by atoms with Crippen molar-refractivity contribution in [2.75, 3.05) is 44.0 Å². The number of aliphatic hydroxyl groups excluding tert-OH is 1. The molecule has 3 rings (SSSR count). The summed E-state index contributed by atoms with van der Waals surface area (Å²) in [6, 6.07) is 14.0. The predicted molar refractivity (Wildman–Crippen MR) is 138 cm³/mol. The zero-order chi connectivity index (χ0) is 24.5. The molecule has 1 unspecified atom stereocenters. The summed E-state index contributed by atoms with van der Waals surface area (Å²) in [5, 5.41) is 13.1. The molecule has 1 heterocycles. The lowest BCUT2D eigenvalue weighted by Gasteiger charge is -2.23. The Labute approximate surface area is 208 Å². The topological polar surface area (TPSA) is 73.8 Å². The Morgan fingerprint density at radius 3 is 2.65 bits per heavy atom. The molecular formula is C25H29BrFN5O2. The molecule has 0 aliphatic rings. The van der Waals surface area contributed by atoms with Gasteiger partial charge in [0.2, 0.25) is 5.95 Å². The number of aliphatic hydroxyl groups is 1. The van der Waals surface area contributed by atoms with E-state index in [1.165, 1.54) is 6.07 Å².